The average Bonchev–Trinajstić information content (AvgIpc) is 3.42. The molecule has 1 N–H and O–H groups in total. The summed E-state index contributed by atoms with van der Waals surface area (Å²) in [5.74, 6) is 1.47. The van der Waals surface area contributed by atoms with Gasteiger partial charge in [0.1, 0.15) is 16.3 Å². The van der Waals surface area contributed by atoms with Crippen LogP contribution < -0.4 is 9.46 Å². The molecule has 3 heterocycles. The maximum Gasteiger partial charge on any atom is 0.271 e. The summed E-state index contributed by atoms with van der Waals surface area (Å²) in [5, 5.41) is 8.11. The second-order valence-corrected chi connectivity index (χ2v) is 9.08. The molecule has 0 saturated heterocycles. The summed E-state index contributed by atoms with van der Waals surface area (Å²) in [6.07, 6.45) is 5.86. The summed E-state index contributed by atoms with van der Waals surface area (Å²) >= 11 is 1.27. The van der Waals surface area contributed by atoms with Crippen LogP contribution in [0, 0.1) is 0 Å². The van der Waals surface area contributed by atoms with Gasteiger partial charge in [-0.3, -0.25) is 9.29 Å². The molecule has 0 bridgehead atoms. The van der Waals surface area contributed by atoms with E-state index in [1.54, 1.807) is 65.8 Å². The topological polar surface area (TPSA) is 99.0 Å². The van der Waals surface area contributed by atoms with Crippen molar-refractivity contribution < 1.29 is 13.2 Å². The van der Waals surface area contributed by atoms with Gasteiger partial charge in [0.05, 0.1) is 0 Å². The first-order valence-electron chi connectivity index (χ1n) is 8.75. The van der Waals surface area contributed by atoms with E-state index >= 15 is 0 Å². The van der Waals surface area contributed by atoms with Gasteiger partial charge in [-0.25, -0.2) is 13.4 Å². The Balaban J connectivity index is 1.42. The molecule has 0 atom stereocenters. The largest absolute Gasteiger partial charge is 0.438 e. The number of hydrogen-bond acceptors (Lipinski definition) is 7. The lowest BCUT2D eigenvalue weighted by molar-refractivity contribution is 0.454. The van der Waals surface area contributed by atoms with Gasteiger partial charge >= 0.3 is 0 Å². The number of nitrogens with zero attached hydrogens (tertiary/aromatic N) is 4. The fourth-order valence-electron chi connectivity index (χ4n) is 2.51. The van der Waals surface area contributed by atoms with E-state index in [2.05, 4.69) is 19.9 Å². The molecule has 8 nitrogen and oxygen atoms in total. The van der Waals surface area contributed by atoms with Crippen molar-refractivity contribution >= 4 is 27.0 Å². The molecule has 0 fully saturated rings. The summed E-state index contributed by atoms with van der Waals surface area (Å²) in [4.78, 5) is 4.99. The van der Waals surface area contributed by atoms with Crippen LogP contribution in [-0.4, -0.2) is 28.2 Å². The Morgan fingerprint density at radius 3 is 2.52 bits per heavy atom. The van der Waals surface area contributed by atoms with Crippen molar-refractivity contribution in [1.29, 1.82) is 0 Å². The van der Waals surface area contributed by atoms with Crippen molar-refractivity contribution in [3.8, 4) is 17.4 Å². The van der Waals surface area contributed by atoms with Crippen LogP contribution in [0.15, 0.2) is 71.5 Å². The number of ether oxygens (including phenoxy) is 1. The molecule has 10 heteroatoms. The first-order chi connectivity index (χ1) is 14.0. The van der Waals surface area contributed by atoms with Crippen LogP contribution in [0.2, 0.25) is 0 Å². The van der Waals surface area contributed by atoms with E-state index in [1.807, 2.05) is 13.0 Å². The molecule has 0 amide bonds. The first kappa shape index (κ1) is 19.1. The van der Waals surface area contributed by atoms with Gasteiger partial charge in [0.25, 0.3) is 10.0 Å². The lowest BCUT2D eigenvalue weighted by atomic mass is 10.3. The lowest BCUT2D eigenvalue weighted by Crippen LogP contribution is -2.11. The predicted molar refractivity (Wildman–Crippen MR) is 110 cm³/mol. The molecule has 0 aliphatic rings. The minimum Gasteiger partial charge on any atom is -0.438 e. The molecule has 3 aromatic heterocycles. The van der Waals surface area contributed by atoms with Crippen LogP contribution in [0.5, 0.6) is 11.6 Å². The summed E-state index contributed by atoms with van der Waals surface area (Å²) in [6.45, 7) is 1.99. The number of imidazole rings is 1. The molecule has 0 spiro atoms. The third-order valence-corrected chi connectivity index (χ3v) is 7.08. The number of hydrogen-bond donors (Lipinski definition) is 1. The number of sulfonamides is 1. The number of benzene rings is 1. The van der Waals surface area contributed by atoms with E-state index in [1.165, 1.54) is 11.3 Å². The molecule has 4 aromatic rings. The average molecular weight is 428 g/mol. The van der Waals surface area contributed by atoms with Gasteiger partial charge in [0.15, 0.2) is 5.82 Å². The maximum atomic E-state index is 12.5. The van der Waals surface area contributed by atoms with Gasteiger partial charge in [-0.1, -0.05) is 6.92 Å². The van der Waals surface area contributed by atoms with Gasteiger partial charge < -0.3 is 4.74 Å². The highest BCUT2D eigenvalue weighted by Crippen LogP contribution is 2.26. The van der Waals surface area contributed by atoms with Crippen LogP contribution >= 0.6 is 11.3 Å². The Hall–Kier alpha value is -3.24. The van der Waals surface area contributed by atoms with E-state index in [9.17, 15) is 8.42 Å². The summed E-state index contributed by atoms with van der Waals surface area (Å²) < 4.78 is 35.2. The van der Waals surface area contributed by atoms with Gasteiger partial charge in [0.2, 0.25) is 5.88 Å². The van der Waals surface area contributed by atoms with E-state index in [0.29, 0.717) is 27.3 Å². The van der Waals surface area contributed by atoms with Gasteiger partial charge in [-0.05, 0) is 48.9 Å². The van der Waals surface area contributed by atoms with Crippen molar-refractivity contribution in [2.75, 3.05) is 4.72 Å². The number of rotatable bonds is 7. The molecule has 0 saturated carbocycles. The fraction of sp³-hybridized carbons (Fsp3) is 0.105. The summed E-state index contributed by atoms with van der Waals surface area (Å²) in [7, 11) is -3.60. The third kappa shape index (κ3) is 4.44. The normalized spacial score (nSPS) is 11.3. The number of anilines is 1. The van der Waals surface area contributed by atoms with Crippen molar-refractivity contribution in [3.05, 3.63) is 72.1 Å². The molecule has 0 aliphatic carbocycles. The fourth-order valence-corrected chi connectivity index (χ4v) is 4.86. The minimum atomic E-state index is -3.60. The Labute approximate surface area is 171 Å². The van der Waals surface area contributed by atoms with Crippen LogP contribution in [0.1, 0.15) is 11.8 Å². The molecular weight excluding hydrogens is 410 g/mol. The van der Waals surface area contributed by atoms with Gasteiger partial charge in [-0.15, -0.1) is 21.5 Å². The molecular formula is C19H17N5O3S2. The SMILES string of the molecule is CCc1ccc(S(=O)(=O)Nc2ccc(Oc3ccc(-n4ccnc4)nn3)cc2)s1. The van der Waals surface area contributed by atoms with Crippen molar-refractivity contribution in [3.63, 3.8) is 0 Å². The zero-order valence-corrected chi connectivity index (χ0v) is 17.0. The number of aromatic nitrogens is 4. The Kier molecular flexibility index (Phi) is 5.28. The van der Waals surface area contributed by atoms with E-state index in [0.717, 1.165) is 11.3 Å². The number of thiophene rings is 1. The van der Waals surface area contributed by atoms with Crippen molar-refractivity contribution in [1.82, 2.24) is 19.7 Å². The van der Waals surface area contributed by atoms with E-state index in [-0.39, 0.29) is 0 Å². The van der Waals surface area contributed by atoms with Gasteiger partial charge in [-0.2, -0.15) is 0 Å². The summed E-state index contributed by atoms with van der Waals surface area (Å²) in [5.41, 5.74) is 0.449. The standard InChI is InChI=1S/C19H17N5O3S2/c1-2-16-7-10-19(28-16)29(25,26)23-14-3-5-15(6-4-14)27-18-9-8-17(21-22-18)24-12-11-20-13-24/h3-13,23H,2H2,1H3. The zero-order chi connectivity index (χ0) is 20.3. The second-order valence-electron chi connectivity index (χ2n) is 6.01. The first-order valence-corrected chi connectivity index (χ1v) is 11.0. The molecule has 148 valence electrons. The van der Waals surface area contributed by atoms with Crippen molar-refractivity contribution in [2.45, 2.75) is 17.6 Å². The maximum absolute atomic E-state index is 12.5. The molecule has 0 aliphatic heterocycles. The number of nitrogens with one attached hydrogen (secondary N) is 1. The minimum absolute atomic E-state index is 0.294. The van der Waals surface area contributed by atoms with Crippen LogP contribution in [0.25, 0.3) is 5.82 Å². The Bertz CT molecular complexity index is 1190. The molecule has 0 radical (unpaired) electrons. The quantitative estimate of drug-likeness (QED) is 0.481. The number of aryl methyl sites for hydroxylation is 1. The molecule has 1 aromatic carbocycles. The molecule has 0 unspecified atom stereocenters. The third-order valence-electron chi connectivity index (χ3n) is 3.97. The predicted octanol–water partition coefficient (Wildman–Crippen LogP) is 3.88. The van der Waals surface area contributed by atoms with Crippen molar-refractivity contribution in [2.24, 2.45) is 0 Å². The lowest BCUT2D eigenvalue weighted by Gasteiger charge is -2.08. The monoisotopic (exact) mass is 427 g/mol. The van der Waals surface area contributed by atoms with E-state index < -0.39 is 10.0 Å². The highest BCUT2D eigenvalue weighted by Gasteiger charge is 2.16. The smallest absolute Gasteiger partial charge is 0.271 e. The summed E-state index contributed by atoms with van der Waals surface area (Å²) in [6, 6.07) is 13.5. The Morgan fingerprint density at radius 1 is 1.07 bits per heavy atom. The zero-order valence-electron chi connectivity index (χ0n) is 15.4. The highest BCUT2D eigenvalue weighted by molar-refractivity contribution is 7.94. The van der Waals surface area contributed by atoms with Crippen LogP contribution in [0.4, 0.5) is 5.69 Å². The van der Waals surface area contributed by atoms with Crippen LogP contribution in [-0.2, 0) is 16.4 Å². The second kappa shape index (κ2) is 8.02. The van der Waals surface area contributed by atoms with Crippen LogP contribution in [0.3, 0.4) is 0 Å². The van der Waals surface area contributed by atoms with E-state index in [4.69, 9.17) is 4.74 Å². The Morgan fingerprint density at radius 2 is 1.90 bits per heavy atom. The molecule has 29 heavy (non-hydrogen) atoms. The van der Waals surface area contributed by atoms with Gasteiger partial charge in [0, 0.05) is 29.0 Å². The molecule has 4 rings (SSSR count). The highest BCUT2D eigenvalue weighted by atomic mass is 32.2.